The summed E-state index contributed by atoms with van der Waals surface area (Å²) in [5.74, 6) is 0.941. The molecule has 0 saturated carbocycles. The van der Waals surface area contributed by atoms with Crippen LogP contribution in [0.15, 0.2) is 11.4 Å². The summed E-state index contributed by atoms with van der Waals surface area (Å²) in [5.41, 5.74) is -0.665. The second-order valence-corrected chi connectivity index (χ2v) is 6.38. The average Bonchev–Trinajstić information content (AvgIpc) is 2.89. The standard InChI is InChI=1S/C13H17NO3S/c1-13(2)12(16)10(14-6-3-4-9(14)15)11-8(17-13)5-7-18-11/h5,7,10,12,16H,3-4,6H2,1-2H3. The topological polar surface area (TPSA) is 49.8 Å². The lowest BCUT2D eigenvalue weighted by Crippen LogP contribution is -2.53. The molecule has 1 amide bonds. The van der Waals surface area contributed by atoms with Gasteiger partial charge in [-0.2, -0.15) is 0 Å². The first-order chi connectivity index (χ1) is 8.50. The number of hydrogen-bond acceptors (Lipinski definition) is 4. The van der Waals surface area contributed by atoms with Crippen LogP contribution in [0.25, 0.3) is 0 Å². The minimum atomic E-state index is -0.689. The molecule has 0 radical (unpaired) electrons. The van der Waals surface area contributed by atoms with E-state index in [1.165, 1.54) is 0 Å². The summed E-state index contributed by atoms with van der Waals surface area (Å²) in [6.45, 7) is 4.46. The number of nitrogens with zero attached hydrogens (tertiary/aromatic N) is 1. The molecular weight excluding hydrogens is 250 g/mol. The molecule has 0 aliphatic carbocycles. The number of amides is 1. The highest BCUT2D eigenvalue weighted by Gasteiger charge is 2.48. The van der Waals surface area contributed by atoms with E-state index in [4.69, 9.17) is 4.74 Å². The Balaban J connectivity index is 2.04. The summed E-state index contributed by atoms with van der Waals surface area (Å²) < 4.78 is 5.82. The van der Waals surface area contributed by atoms with Gasteiger partial charge in [-0.3, -0.25) is 4.79 Å². The molecule has 4 nitrogen and oxygen atoms in total. The zero-order valence-electron chi connectivity index (χ0n) is 10.5. The van der Waals surface area contributed by atoms with Crippen molar-refractivity contribution >= 4 is 17.2 Å². The number of thiophene rings is 1. The Morgan fingerprint density at radius 1 is 1.56 bits per heavy atom. The summed E-state index contributed by atoms with van der Waals surface area (Å²) >= 11 is 1.55. The molecule has 2 unspecified atom stereocenters. The fraction of sp³-hybridized carbons (Fsp3) is 0.615. The van der Waals surface area contributed by atoms with Gasteiger partial charge in [0.1, 0.15) is 17.5 Å². The van der Waals surface area contributed by atoms with Crippen molar-refractivity contribution in [3.63, 3.8) is 0 Å². The van der Waals surface area contributed by atoms with Crippen molar-refractivity contribution < 1.29 is 14.6 Å². The predicted molar refractivity (Wildman–Crippen MR) is 68.7 cm³/mol. The van der Waals surface area contributed by atoms with Gasteiger partial charge in [-0.1, -0.05) is 0 Å². The minimum Gasteiger partial charge on any atom is -0.484 e. The van der Waals surface area contributed by atoms with Gasteiger partial charge in [-0.05, 0) is 31.7 Å². The fourth-order valence-electron chi connectivity index (χ4n) is 2.75. The van der Waals surface area contributed by atoms with E-state index in [2.05, 4.69) is 0 Å². The Kier molecular flexibility index (Phi) is 2.64. The molecule has 0 aromatic carbocycles. The number of likely N-dealkylation sites (tertiary alicyclic amines) is 1. The van der Waals surface area contributed by atoms with Gasteiger partial charge in [0.15, 0.2) is 0 Å². The number of rotatable bonds is 1. The van der Waals surface area contributed by atoms with Gasteiger partial charge >= 0.3 is 0 Å². The van der Waals surface area contributed by atoms with Crippen LogP contribution in [0, 0.1) is 0 Å². The average molecular weight is 267 g/mol. The van der Waals surface area contributed by atoms with Crippen molar-refractivity contribution in [2.24, 2.45) is 0 Å². The first-order valence-electron chi connectivity index (χ1n) is 6.24. The number of fused-ring (bicyclic) bond motifs is 1. The number of aliphatic hydroxyl groups excluding tert-OH is 1. The van der Waals surface area contributed by atoms with Crippen molar-refractivity contribution in [3.8, 4) is 5.75 Å². The van der Waals surface area contributed by atoms with E-state index < -0.39 is 11.7 Å². The summed E-state index contributed by atoms with van der Waals surface area (Å²) in [7, 11) is 0. The molecule has 18 heavy (non-hydrogen) atoms. The molecule has 2 aliphatic heterocycles. The third-order valence-electron chi connectivity index (χ3n) is 3.76. The molecule has 1 aromatic heterocycles. The third-order valence-corrected chi connectivity index (χ3v) is 4.72. The molecule has 5 heteroatoms. The molecule has 2 atom stereocenters. The number of hydrogen-bond donors (Lipinski definition) is 1. The van der Waals surface area contributed by atoms with Crippen molar-refractivity contribution in [2.45, 2.75) is 44.4 Å². The Bertz CT molecular complexity index is 482. The van der Waals surface area contributed by atoms with Crippen LogP contribution in [-0.2, 0) is 4.79 Å². The van der Waals surface area contributed by atoms with Crippen LogP contribution < -0.4 is 4.74 Å². The van der Waals surface area contributed by atoms with Gasteiger partial charge in [0.05, 0.1) is 10.9 Å². The molecule has 3 rings (SSSR count). The first-order valence-corrected chi connectivity index (χ1v) is 7.12. The Labute approximate surface area is 110 Å². The molecular formula is C13H17NO3S. The molecule has 2 aliphatic rings. The highest BCUT2D eigenvalue weighted by molar-refractivity contribution is 7.10. The molecule has 1 N–H and O–H groups in total. The maximum absolute atomic E-state index is 11.9. The van der Waals surface area contributed by atoms with Crippen LogP contribution in [0.5, 0.6) is 5.75 Å². The van der Waals surface area contributed by atoms with E-state index in [0.29, 0.717) is 6.42 Å². The van der Waals surface area contributed by atoms with Crippen LogP contribution in [-0.4, -0.2) is 34.2 Å². The van der Waals surface area contributed by atoms with Gasteiger partial charge < -0.3 is 14.7 Å². The number of aliphatic hydroxyl groups is 1. The van der Waals surface area contributed by atoms with Crippen LogP contribution in [0.1, 0.15) is 37.6 Å². The maximum atomic E-state index is 11.9. The lowest BCUT2D eigenvalue weighted by atomic mass is 9.90. The summed E-state index contributed by atoms with van der Waals surface area (Å²) in [4.78, 5) is 14.7. The van der Waals surface area contributed by atoms with Gasteiger partial charge in [0.2, 0.25) is 5.91 Å². The molecule has 0 bridgehead atoms. The number of carbonyl (C=O) groups excluding carboxylic acids is 1. The van der Waals surface area contributed by atoms with E-state index in [1.54, 1.807) is 11.3 Å². The van der Waals surface area contributed by atoms with Crippen molar-refractivity contribution in [1.82, 2.24) is 4.90 Å². The summed E-state index contributed by atoms with van der Waals surface area (Å²) in [5, 5.41) is 12.5. The molecule has 98 valence electrons. The number of ether oxygens (including phenoxy) is 1. The molecule has 1 fully saturated rings. The summed E-state index contributed by atoms with van der Waals surface area (Å²) in [6, 6.07) is 1.67. The normalized spacial score (nSPS) is 30.2. The van der Waals surface area contributed by atoms with E-state index in [9.17, 15) is 9.90 Å². The maximum Gasteiger partial charge on any atom is 0.223 e. The first kappa shape index (κ1) is 12.0. The summed E-state index contributed by atoms with van der Waals surface area (Å²) in [6.07, 6.45) is 0.778. The second kappa shape index (κ2) is 3.96. The van der Waals surface area contributed by atoms with Gasteiger partial charge in [0.25, 0.3) is 0 Å². The Morgan fingerprint density at radius 2 is 2.33 bits per heavy atom. The Hall–Kier alpha value is -1.07. The minimum absolute atomic E-state index is 0.135. The van der Waals surface area contributed by atoms with Crippen molar-refractivity contribution in [1.29, 1.82) is 0 Å². The molecule has 1 saturated heterocycles. The van der Waals surface area contributed by atoms with Crippen LogP contribution in [0.4, 0.5) is 0 Å². The van der Waals surface area contributed by atoms with E-state index in [1.807, 2.05) is 30.2 Å². The largest absolute Gasteiger partial charge is 0.484 e. The van der Waals surface area contributed by atoms with Crippen molar-refractivity contribution in [2.75, 3.05) is 6.54 Å². The van der Waals surface area contributed by atoms with Gasteiger partial charge in [-0.15, -0.1) is 11.3 Å². The number of carbonyl (C=O) groups is 1. The van der Waals surface area contributed by atoms with Crippen LogP contribution in [0.2, 0.25) is 0 Å². The van der Waals surface area contributed by atoms with Crippen molar-refractivity contribution in [3.05, 3.63) is 16.3 Å². The highest BCUT2D eigenvalue weighted by atomic mass is 32.1. The molecule has 0 spiro atoms. The van der Waals surface area contributed by atoms with E-state index in [0.717, 1.165) is 23.6 Å². The quantitative estimate of drug-likeness (QED) is 0.846. The Morgan fingerprint density at radius 3 is 3.00 bits per heavy atom. The predicted octanol–water partition coefficient (Wildman–Crippen LogP) is 1.94. The van der Waals surface area contributed by atoms with Crippen LogP contribution in [0.3, 0.4) is 0 Å². The van der Waals surface area contributed by atoms with E-state index in [-0.39, 0.29) is 11.9 Å². The van der Waals surface area contributed by atoms with E-state index >= 15 is 0 Å². The van der Waals surface area contributed by atoms with Gasteiger partial charge in [0, 0.05) is 13.0 Å². The highest BCUT2D eigenvalue weighted by Crippen LogP contribution is 2.46. The monoisotopic (exact) mass is 267 g/mol. The molecule has 3 heterocycles. The zero-order valence-corrected chi connectivity index (χ0v) is 11.4. The zero-order chi connectivity index (χ0) is 12.9. The second-order valence-electron chi connectivity index (χ2n) is 5.43. The lowest BCUT2D eigenvalue weighted by Gasteiger charge is -2.43. The third kappa shape index (κ3) is 1.65. The lowest BCUT2D eigenvalue weighted by molar-refractivity contribution is -0.139. The van der Waals surface area contributed by atoms with Gasteiger partial charge in [-0.25, -0.2) is 0 Å². The smallest absolute Gasteiger partial charge is 0.223 e. The fourth-order valence-corrected chi connectivity index (χ4v) is 3.71. The van der Waals surface area contributed by atoms with Crippen LogP contribution >= 0.6 is 11.3 Å². The molecule has 1 aromatic rings. The SMILES string of the molecule is CC1(C)Oc2ccsc2C(N2CCCC2=O)C1O.